The Labute approximate surface area is 120 Å². The van der Waals surface area contributed by atoms with Gasteiger partial charge in [-0.1, -0.05) is 0 Å². The van der Waals surface area contributed by atoms with Crippen molar-refractivity contribution in [1.29, 1.82) is 0 Å². The molecule has 1 aliphatic heterocycles. The molecule has 1 aliphatic carbocycles. The summed E-state index contributed by atoms with van der Waals surface area (Å²) in [4.78, 5) is 0. The van der Waals surface area contributed by atoms with E-state index in [9.17, 15) is 0 Å². The fourth-order valence-electron chi connectivity index (χ4n) is 2.75. The topological polar surface area (TPSA) is 0 Å². The van der Waals surface area contributed by atoms with E-state index in [1.165, 1.54) is 0 Å². The number of fused-ring (bicyclic) bond motifs is 1. The van der Waals surface area contributed by atoms with Gasteiger partial charge in [0.25, 0.3) is 0 Å². The Kier molecular flexibility index (Phi) is 2.96. The number of benzene rings is 1. The van der Waals surface area contributed by atoms with Crippen LogP contribution in [-0.2, 0) is 10.8 Å². The van der Waals surface area contributed by atoms with Crippen LogP contribution in [-0.4, -0.2) is 37.6 Å². The Morgan fingerprint density at radius 2 is 1.18 bits per heavy atom. The zero-order chi connectivity index (χ0) is 12.3. The molecule has 3 rings (SSSR count). The fraction of sp³-hybridized carbons (Fsp3) is 0.429. The van der Waals surface area contributed by atoms with Crippen LogP contribution in [0.15, 0.2) is 33.2 Å². The number of allylic oxidation sites excluding steroid dienone is 2. The molecular weight excluding hydrogens is 405 g/mol. The van der Waals surface area contributed by atoms with Crippen LogP contribution in [0.1, 0.15) is 38.8 Å². The first-order chi connectivity index (χ1) is 7.95. The summed E-state index contributed by atoms with van der Waals surface area (Å²) in [5, 5.41) is 0. The van der Waals surface area contributed by atoms with E-state index in [2.05, 4.69) is 52.0 Å². The van der Waals surface area contributed by atoms with Crippen LogP contribution in [0.2, 0.25) is 0 Å². The van der Waals surface area contributed by atoms with Crippen LogP contribution >= 0.6 is 0 Å². The van der Waals surface area contributed by atoms with Gasteiger partial charge in [-0.25, -0.2) is 0 Å². The Morgan fingerprint density at radius 1 is 0.765 bits per heavy atom. The minimum atomic E-state index is 0.307. The number of rotatable bonds is 0. The summed E-state index contributed by atoms with van der Waals surface area (Å²) in [7, 11) is 0. The van der Waals surface area contributed by atoms with Crippen molar-refractivity contribution in [3.8, 4) is 0 Å². The molecule has 0 fully saturated rings. The molecule has 0 saturated carbocycles. The van der Waals surface area contributed by atoms with Crippen molar-refractivity contribution in [2.24, 2.45) is 0 Å². The van der Waals surface area contributed by atoms with Gasteiger partial charge in [-0.05, 0) is 0 Å². The van der Waals surface area contributed by atoms with Crippen LogP contribution < -0.4 is 0 Å². The van der Waals surface area contributed by atoms with E-state index in [1.807, 2.05) is 8.94 Å². The van der Waals surface area contributed by atoms with E-state index in [1.54, 1.807) is 11.1 Å². The second-order valence-electron chi connectivity index (χ2n) is 5.69. The zero-order valence-corrected chi connectivity index (χ0v) is 15.7. The molecule has 0 atom stereocenters. The van der Waals surface area contributed by atoms with Crippen molar-refractivity contribution in [3.63, 3.8) is 0 Å². The van der Waals surface area contributed by atoms with Gasteiger partial charge in [0, 0.05) is 0 Å². The molecule has 0 radical (unpaired) electrons. The summed E-state index contributed by atoms with van der Waals surface area (Å²) < 4.78 is 3.68. The first-order valence-electron chi connectivity index (χ1n) is 5.82. The standard InChI is InChI=1S/C14H16Se3/c1-13(2)9-7-5-6-8-10(9)14(3,4)12-11(13)15-17-16-12/h5-8H,1-4H3. The van der Waals surface area contributed by atoms with E-state index < -0.39 is 0 Å². The predicted octanol–water partition coefficient (Wildman–Crippen LogP) is 2.42. The molecule has 1 aromatic carbocycles. The molecular formula is C14H16Se3. The first kappa shape index (κ1) is 12.5. The SMILES string of the molecule is CC1(C)C2=C([Se][Se][Se]2)C(C)(C)c2ccccc21. The van der Waals surface area contributed by atoms with Crippen molar-refractivity contribution in [2.75, 3.05) is 0 Å². The second kappa shape index (κ2) is 4.00. The van der Waals surface area contributed by atoms with Crippen LogP contribution in [0, 0.1) is 0 Å². The third kappa shape index (κ3) is 1.68. The molecule has 0 bridgehead atoms. The van der Waals surface area contributed by atoms with Gasteiger partial charge >= 0.3 is 120 Å². The van der Waals surface area contributed by atoms with Gasteiger partial charge in [0.1, 0.15) is 0 Å². The van der Waals surface area contributed by atoms with Crippen molar-refractivity contribution in [2.45, 2.75) is 38.5 Å². The van der Waals surface area contributed by atoms with Crippen LogP contribution in [0.5, 0.6) is 0 Å². The van der Waals surface area contributed by atoms with Crippen molar-refractivity contribution in [1.82, 2.24) is 0 Å². The Bertz CT molecular complexity index is 467. The molecule has 0 amide bonds. The van der Waals surface area contributed by atoms with Gasteiger partial charge in [-0.3, -0.25) is 0 Å². The van der Waals surface area contributed by atoms with E-state index in [0.717, 1.165) is 37.6 Å². The van der Waals surface area contributed by atoms with Crippen LogP contribution in [0.3, 0.4) is 0 Å². The van der Waals surface area contributed by atoms with E-state index >= 15 is 0 Å². The van der Waals surface area contributed by atoms with Crippen molar-refractivity contribution >= 4 is 37.6 Å². The maximum atomic E-state index is 2.44. The normalized spacial score (nSPS) is 24.5. The number of hydrogen-bond acceptors (Lipinski definition) is 0. The third-order valence-corrected chi connectivity index (χ3v) is 21.3. The Hall–Kier alpha value is 0.518. The van der Waals surface area contributed by atoms with E-state index in [4.69, 9.17) is 0 Å². The molecule has 0 saturated heterocycles. The molecule has 0 aromatic heterocycles. The summed E-state index contributed by atoms with van der Waals surface area (Å²) in [6.45, 7) is 9.76. The van der Waals surface area contributed by atoms with Crippen molar-refractivity contribution in [3.05, 3.63) is 44.3 Å². The molecule has 17 heavy (non-hydrogen) atoms. The second-order valence-corrected chi connectivity index (χ2v) is 21.2. The van der Waals surface area contributed by atoms with Gasteiger partial charge in [0.05, 0.1) is 0 Å². The van der Waals surface area contributed by atoms with Gasteiger partial charge in [-0.15, -0.1) is 0 Å². The minimum absolute atomic E-state index is 0.307. The van der Waals surface area contributed by atoms with Crippen molar-refractivity contribution < 1.29 is 0 Å². The quantitative estimate of drug-likeness (QED) is 0.565. The molecule has 1 aromatic rings. The van der Waals surface area contributed by atoms with Gasteiger partial charge in [-0.2, -0.15) is 0 Å². The van der Waals surface area contributed by atoms with Gasteiger partial charge in [0.15, 0.2) is 0 Å². The average molecular weight is 421 g/mol. The molecule has 1 heterocycles. The number of hydrogen-bond donors (Lipinski definition) is 0. The average Bonchev–Trinajstić information content (AvgIpc) is 2.78. The van der Waals surface area contributed by atoms with Gasteiger partial charge in [0.2, 0.25) is 0 Å². The van der Waals surface area contributed by atoms with Crippen LogP contribution in [0.4, 0.5) is 0 Å². The summed E-state index contributed by atoms with van der Waals surface area (Å²) in [6.07, 6.45) is 0. The van der Waals surface area contributed by atoms with Crippen LogP contribution in [0.25, 0.3) is 0 Å². The third-order valence-electron chi connectivity index (χ3n) is 3.85. The molecule has 0 unspecified atom stereocenters. The van der Waals surface area contributed by atoms with E-state index in [-0.39, 0.29) is 0 Å². The fourth-order valence-corrected chi connectivity index (χ4v) is 27.4. The monoisotopic (exact) mass is 424 g/mol. The molecule has 0 spiro atoms. The summed E-state index contributed by atoms with van der Waals surface area (Å²) in [5.41, 5.74) is 3.78. The first-order valence-corrected chi connectivity index (χ1v) is 16.2. The summed E-state index contributed by atoms with van der Waals surface area (Å²) >= 11 is 2.56. The summed E-state index contributed by atoms with van der Waals surface area (Å²) in [6, 6.07) is 9.13. The predicted molar refractivity (Wildman–Crippen MR) is 76.8 cm³/mol. The molecule has 0 N–H and O–H groups in total. The zero-order valence-electron chi connectivity index (χ0n) is 10.5. The Balaban J connectivity index is 2.32. The Morgan fingerprint density at radius 3 is 1.59 bits per heavy atom. The molecule has 2 aliphatic rings. The van der Waals surface area contributed by atoms with E-state index in [0.29, 0.717) is 10.8 Å². The molecule has 3 heteroatoms. The van der Waals surface area contributed by atoms with Gasteiger partial charge < -0.3 is 0 Å². The molecule has 90 valence electrons. The maximum absolute atomic E-state index is 2.44. The summed E-state index contributed by atoms with van der Waals surface area (Å²) in [5.74, 6) is 0. The molecule has 0 nitrogen and oxygen atoms in total.